The number of carbonyl (C=O) groups excluding carboxylic acids is 1. The Balaban J connectivity index is 1.73. The number of aryl methyl sites for hydroxylation is 1. The van der Waals surface area contributed by atoms with Crippen molar-refractivity contribution >= 4 is 23.1 Å². The Labute approximate surface area is 141 Å². The Bertz CT molecular complexity index is 832. The van der Waals surface area contributed by atoms with Crippen LogP contribution in [0.2, 0.25) is 0 Å². The highest BCUT2D eigenvalue weighted by Crippen LogP contribution is 2.17. The lowest BCUT2D eigenvalue weighted by atomic mass is 10.2. The third-order valence-corrected chi connectivity index (χ3v) is 3.62. The highest BCUT2D eigenvalue weighted by atomic mass is 16.2. The largest absolute Gasteiger partial charge is 0.339 e. The SMILES string of the molecule is Cc1cccc(Nc2ccc(C(=O)N(C)c3ccccc3)nn2)c1. The van der Waals surface area contributed by atoms with Gasteiger partial charge in [-0.15, -0.1) is 10.2 Å². The first kappa shape index (κ1) is 15.7. The van der Waals surface area contributed by atoms with Crippen LogP contribution in [0.3, 0.4) is 0 Å². The predicted molar refractivity (Wildman–Crippen MR) is 95.7 cm³/mol. The van der Waals surface area contributed by atoms with Crippen LogP contribution in [0.15, 0.2) is 66.7 Å². The summed E-state index contributed by atoms with van der Waals surface area (Å²) in [5, 5.41) is 11.3. The van der Waals surface area contributed by atoms with E-state index in [1.54, 1.807) is 24.1 Å². The average molecular weight is 318 g/mol. The predicted octanol–water partition coefficient (Wildman–Crippen LogP) is 3.81. The third-order valence-electron chi connectivity index (χ3n) is 3.62. The topological polar surface area (TPSA) is 58.1 Å². The van der Waals surface area contributed by atoms with Gasteiger partial charge in [-0.25, -0.2) is 0 Å². The second kappa shape index (κ2) is 6.91. The van der Waals surface area contributed by atoms with Crippen molar-refractivity contribution in [2.75, 3.05) is 17.3 Å². The fourth-order valence-electron chi connectivity index (χ4n) is 2.32. The van der Waals surface area contributed by atoms with Crippen molar-refractivity contribution in [3.05, 3.63) is 78.0 Å². The molecule has 0 fully saturated rings. The van der Waals surface area contributed by atoms with Crippen molar-refractivity contribution in [3.8, 4) is 0 Å². The number of anilines is 3. The van der Waals surface area contributed by atoms with E-state index in [2.05, 4.69) is 15.5 Å². The summed E-state index contributed by atoms with van der Waals surface area (Å²) in [4.78, 5) is 14.0. The van der Waals surface area contributed by atoms with Gasteiger partial charge in [-0.05, 0) is 48.9 Å². The van der Waals surface area contributed by atoms with Crippen LogP contribution in [0, 0.1) is 6.92 Å². The van der Waals surface area contributed by atoms with Gasteiger partial charge in [0.05, 0.1) is 0 Å². The summed E-state index contributed by atoms with van der Waals surface area (Å²) < 4.78 is 0. The summed E-state index contributed by atoms with van der Waals surface area (Å²) >= 11 is 0. The van der Waals surface area contributed by atoms with Gasteiger partial charge in [0.2, 0.25) is 0 Å². The van der Waals surface area contributed by atoms with Crippen molar-refractivity contribution in [2.45, 2.75) is 6.92 Å². The summed E-state index contributed by atoms with van der Waals surface area (Å²) in [5.41, 5.74) is 3.21. The molecule has 0 aliphatic heterocycles. The lowest BCUT2D eigenvalue weighted by Crippen LogP contribution is -2.27. The van der Waals surface area contributed by atoms with E-state index < -0.39 is 0 Å². The minimum absolute atomic E-state index is 0.198. The van der Waals surface area contributed by atoms with Gasteiger partial charge in [0.15, 0.2) is 11.5 Å². The van der Waals surface area contributed by atoms with Crippen LogP contribution in [0.5, 0.6) is 0 Å². The number of rotatable bonds is 4. The maximum Gasteiger partial charge on any atom is 0.278 e. The first-order valence-electron chi connectivity index (χ1n) is 7.64. The molecule has 120 valence electrons. The molecule has 1 N–H and O–H groups in total. The van der Waals surface area contributed by atoms with Crippen molar-refractivity contribution in [1.82, 2.24) is 10.2 Å². The molecular formula is C19H18N4O. The molecule has 0 aliphatic carbocycles. The maximum atomic E-state index is 12.5. The van der Waals surface area contributed by atoms with Gasteiger partial charge in [-0.2, -0.15) is 0 Å². The van der Waals surface area contributed by atoms with Crippen molar-refractivity contribution in [2.24, 2.45) is 0 Å². The molecule has 1 heterocycles. The molecule has 5 nitrogen and oxygen atoms in total. The van der Waals surface area contributed by atoms with Crippen LogP contribution in [0.25, 0.3) is 0 Å². The van der Waals surface area contributed by atoms with Gasteiger partial charge in [0.1, 0.15) is 0 Å². The Kier molecular flexibility index (Phi) is 4.52. The second-order valence-electron chi connectivity index (χ2n) is 5.50. The van der Waals surface area contributed by atoms with E-state index in [-0.39, 0.29) is 5.91 Å². The number of amides is 1. The second-order valence-corrected chi connectivity index (χ2v) is 5.50. The highest BCUT2D eigenvalue weighted by molar-refractivity contribution is 6.04. The Hall–Kier alpha value is -3.21. The van der Waals surface area contributed by atoms with E-state index in [0.717, 1.165) is 16.9 Å². The lowest BCUT2D eigenvalue weighted by molar-refractivity contribution is 0.0987. The van der Waals surface area contributed by atoms with Gasteiger partial charge in [-0.1, -0.05) is 30.3 Å². The Morgan fingerprint density at radius 2 is 1.75 bits per heavy atom. The molecule has 5 heteroatoms. The summed E-state index contributed by atoms with van der Waals surface area (Å²) in [6, 6.07) is 20.8. The minimum Gasteiger partial charge on any atom is -0.339 e. The zero-order valence-corrected chi connectivity index (χ0v) is 13.6. The number of aromatic nitrogens is 2. The van der Waals surface area contributed by atoms with Gasteiger partial charge in [0, 0.05) is 18.4 Å². The molecule has 3 aromatic rings. The van der Waals surface area contributed by atoms with Crippen molar-refractivity contribution < 1.29 is 4.79 Å². The smallest absolute Gasteiger partial charge is 0.278 e. The molecule has 0 radical (unpaired) electrons. The fraction of sp³-hybridized carbons (Fsp3) is 0.105. The Morgan fingerprint density at radius 1 is 0.958 bits per heavy atom. The molecule has 0 saturated carbocycles. The molecule has 24 heavy (non-hydrogen) atoms. The zero-order valence-electron chi connectivity index (χ0n) is 13.6. The number of para-hydroxylation sites is 1. The molecular weight excluding hydrogens is 300 g/mol. The molecule has 0 unspecified atom stereocenters. The lowest BCUT2D eigenvalue weighted by Gasteiger charge is -2.16. The minimum atomic E-state index is -0.198. The highest BCUT2D eigenvalue weighted by Gasteiger charge is 2.15. The first-order valence-corrected chi connectivity index (χ1v) is 7.64. The first-order chi connectivity index (χ1) is 11.6. The number of benzene rings is 2. The molecule has 2 aromatic carbocycles. The molecule has 1 amide bonds. The number of hydrogen-bond acceptors (Lipinski definition) is 4. The number of carbonyl (C=O) groups is 1. The number of nitrogens with zero attached hydrogens (tertiary/aromatic N) is 3. The van der Waals surface area contributed by atoms with E-state index in [9.17, 15) is 4.79 Å². The van der Waals surface area contributed by atoms with Gasteiger partial charge < -0.3 is 10.2 Å². The van der Waals surface area contributed by atoms with E-state index in [1.807, 2.05) is 61.5 Å². The average Bonchev–Trinajstić information content (AvgIpc) is 2.62. The standard InChI is InChI=1S/C19H18N4O/c1-14-7-6-8-15(13-14)20-18-12-11-17(21-22-18)19(24)23(2)16-9-4-3-5-10-16/h3-13H,1-2H3,(H,20,22). The molecule has 0 bridgehead atoms. The summed E-state index contributed by atoms with van der Waals surface area (Å²) in [6.45, 7) is 2.03. The molecule has 0 saturated heterocycles. The molecule has 1 aromatic heterocycles. The van der Waals surface area contributed by atoms with Crippen LogP contribution in [-0.4, -0.2) is 23.2 Å². The maximum absolute atomic E-state index is 12.5. The normalized spacial score (nSPS) is 10.2. The molecule has 3 rings (SSSR count). The van der Waals surface area contributed by atoms with Crippen LogP contribution < -0.4 is 10.2 Å². The van der Waals surface area contributed by atoms with Crippen LogP contribution >= 0.6 is 0 Å². The van der Waals surface area contributed by atoms with E-state index in [1.165, 1.54) is 0 Å². The van der Waals surface area contributed by atoms with E-state index in [4.69, 9.17) is 0 Å². The summed E-state index contributed by atoms with van der Waals surface area (Å²) in [7, 11) is 1.72. The van der Waals surface area contributed by atoms with Gasteiger partial charge in [0.25, 0.3) is 5.91 Å². The van der Waals surface area contributed by atoms with Crippen molar-refractivity contribution in [3.63, 3.8) is 0 Å². The van der Waals surface area contributed by atoms with Gasteiger partial charge >= 0.3 is 0 Å². The van der Waals surface area contributed by atoms with Crippen LogP contribution in [0.1, 0.15) is 16.1 Å². The quantitative estimate of drug-likeness (QED) is 0.795. The Morgan fingerprint density at radius 3 is 2.42 bits per heavy atom. The zero-order chi connectivity index (χ0) is 16.9. The monoisotopic (exact) mass is 318 g/mol. The van der Waals surface area contributed by atoms with Gasteiger partial charge in [-0.3, -0.25) is 4.79 Å². The molecule has 0 spiro atoms. The number of nitrogens with one attached hydrogen (secondary N) is 1. The summed E-state index contributed by atoms with van der Waals surface area (Å²) in [6.07, 6.45) is 0. The van der Waals surface area contributed by atoms with E-state index >= 15 is 0 Å². The summed E-state index contributed by atoms with van der Waals surface area (Å²) in [5.74, 6) is 0.398. The molecule has 0 aliphatic rings. The van der Waals surface area contributed by atoms with Crippen molar-refractivity contribution in [1.29, 1.82) is 0 Å². The number of hydrogen-bond donors (Lipinski definition) is 1. The third kappa shape index (κ3) is 3.57. The van der Waals surface area contributed by atoms with E-state index in [0.29, 0.717) is 11.5 Å². The van der Waals surface area contributed by atoms with Crippen LogP contribution in [-0.2, 0) is 0 Å². The van der Waals surface area contributed by atoms with Crippen LogP contribution in [0.4, 0.5) is 17.2 Å². The molecule has 0 atom stereocenters. The fourth-order valence-corrected chi connectivity index (χ4v) is 2.32.